The van der Waals surface area contributed by atoms with E-state index in [-0.39, 0.29) is 17.5 Å². The van der Waals surface area contributed by atoms with Crippen LogP contribution in [0.2, 0.25) is 0 Å². The van der Waals surface area contributed by atoms with Crippen molar-refractivity contribution in [3.8, 4) is 5.69 Å². The van der Waals surface area contributed by atoms with Gasteiger partial charge in [0, 0.05) is 34.3 Å². The number of hydrogen-bond donors (Lipinski definition) is 0. The normalized spacial score (nSPS) is 12.1. The van der Waals surface area contributed by atoms with Gasteiger partial charge in [0.25, 0.3) is 0 Å². The van der Waals surface area contributed by atoms with Crippen molar-refractivity contribution in [3.05, 3.63) is 190 Å². The molecule has 4 heteroatoms. The van der Waals surface area contributed by atoms with Crippen molar-refractivity contribution in [1.29, 1.82) is 0 Å². The van der Waals surface area contributed by atoms with Crippen molar-refractivity contribution in [2.24, 2.45) is 0 Å². The molecule has 0 saturated heterocycles. The van der Waals surface area contributed by atoms with Gasteiger partial charge in [0.15, 0.2) is 0 Å². The SMILES string of the molecule is Cc1cccc(C)c1B(c1ccc(C(C)(C)c2ccc(C(C)(C)c3ccc(-n4c5cnccc5c5ncccc54)cc3)cc2)cc1)c1c(C)cccc1C. The summed E-state index contributed by atoms with van der Waals surface area (Å²) < 4.78 is 2.26. The fraction of sp³-hybridized carbons (Fsp3) is 0.200. The Morgan fingerprint density at radius 2 is 0.944 bits per heavy atom. The van der Waals surface area contributed by atoms with Gasteiger partial charge in [-0.25, -0.2) is 0 Å². The molecule has 0 atom stereocenters. The van der Waals surface area contributed by atoms with Crippen molar-refractivity contribution in [3.63, 3.8) is 0 Å². The first-order valence-corrected chi connectivity index (χ1v) is 19.1. The standard InChI is InChI=1S/C50H48BN3/c1-33-12-9-13-34(2)46(33)51(47-35(3)14-10-15-36(47)4)41-25-21-39(22-26-41)49(5,6)37-17-19-38(20-18-37)50(7,8)40-23-27-42(28-24-40)54-44-16-11-30-53-48(44)43-29-31-52-32-45(43)54/h9-32H,1-8H3. The van der Waals surface area contributed by atoms with Crippen LogP contribution in [0.5, 0.6) is 0 Å². The van der Waals surface area contributed by atoms with Crippen LogP contribution < -0.4 is 16.4 Å². The molecule has 0 unspecified atom stereocenters. The van der Waals surface area contributed by atoms with Crippen molar-refractivity contribution in [2.45, 2.75) is 66.2 Å². The Morgan fingerprint density at radius 1 is 0.481 bits per heavy atom. The van der Waals surface area contributed by atoms with Gasteiger partial charge in [-0.05, 0) is 80.3 Å². The van der Waals surface area contributed by atoms with E-state index in [9.17, 15) is 0 Å². The van der Waals surface area contributed by atoms with Crippen LogP contribution in [-0.2, 0) is 10.8 Å². The van der Waals surface area contributed by atoms with E-state index in [1.165, 1.54) is 60.9 Å². The Kier molecular flexibility index (Phi) is 8.89. The van der Waals surface area contributed by atoms with Crippen LogP contribution in [0, 0.1) is 27.7 Å². The second-order valence-corrected chi connectivity index (χ2v) is 16.1. The average Bonchev–Trinajstić information content (AvgIpc) is 3.51. The minimum Gasteiger partial charge on any atom is -0.306 e. The zero-order valence-electron chi connectivity index (χ0n) is 32.8. The van der Waals surface area contributed by atoms with Gasteiger partial charge in [-0.15, -0.1) is 0 Å². The molecule has 0 aliphatic rings. The van der Waals surface area contributed by atoms with Crippen LogP contribution >= 0.6 is 0 Å². The van der Waals surface area contributed by atoms with Gasteiger partial charge < -0.3 is 4.57 Å². The fourth-order valence-electron chi connectivity index (χ4n) is 8.76. The van der Waals surface area contributed by atoms with Gasteiger partial charge >= 0.3 is 0 Å². The highest BCUT2D eigenvalue weighted by molar-refractivity contribution is 6.96. The number of hydrogen-bond acceptors (Lipinski definition) is 2. The zero-order chi connectivity index (χ0) is 37.8. The maximum atomic E-state index is 4.69. The molecule has 0 aliphatic carbocycles. The Bertz CT molecular complexity index is 2480. The molecule has 3 heterocycles. The van der Waals surface area contributed by atoms with E-state index in [2.05, 4.69) is 186 Å². The Labute approximate surface area is 320 Å². The lowest BCUT2D eigenvalue weighted by Crippen LogP contribution is -2.55. The zero-order valence-corrected chi connectivity index (χ0v) is 32.8. The minimum absolute atomic E-state index is 0.165. The molecular formula is C50H48BN3. The number of nitrogens with zero attached hydrogens (tertiary/aromatic N) is 3. The molecular weight excluding hydrogens is 653 g/mol. The highest BCUT2D eigenvalue weighted by Gasteiger charge is 2.30. The van der Waals surface area contributed by atoms with E-state index in [0.717, 1.165) is 27.6 Å². The second-order valence-electron chi connectivity index (χ2n) is 16.1. The first kappa shape index (κ1) is 35.3. The third-order valence-corrected chi connectivity index (χ3v) is 12.1. The van der Waals surface area contributed by atoms with Crippen LogP contribution in [0.1, 0.15) is 72.2 Å². The van der Waals surface area contributed by atoms with E-state index in [1.807, 2.05) is 24.7 Å². The number of rotatable bonds is 8. The summed E-state index contributed by atoms with van der Waals surface area (Å²) in [5.41, 5.74) is 18.6. The van der Waals surface area contributed by atoms with Crippen molar-refractivity contribution in [1.82, 2.24) is 14.5 Å². The largest absolute Gasteiger partial charge is 0.306 e. The first-order valence-electron chi connectivity index (χ1n) is 19.1. The highest BCUT2D eigenvalue weighted by Crippen LogP contribution is 2.37. The van der Waals surface area contributed by atoms with Crippen LogP contribution in [0.3, 0.4) is 0 Å². The molecule has 0 saturated carbocycles. The van der Waals surface area contributed by atoms with Crippen LogP contribution in [0.15, 0.2) is 146 Å². The Hall–Kier alpha value is -5.74. The number of aryl methyl sites for hydroxylation is 4. The average molecular weight is 702 g/mol. The maximum absolute atomic E-state index is 4.69. The minimum atomic E-state index is -0.177. The van der Waals surface area contributed by atoms with Gasteiger partial charge in [-0.3, -0.25) is 9.97 Å². The second kappa shape index (κ2) is 13.6. The predicted molar refractivity (Wildman–Crippen MR) is 230 cm³/mol. The Balaban J connectivity index is 1.08. The molecule has 266 valence electrons. The van der Waals surface area contributed by atoms with Crippen molar-refractivity contribution in [2.75, 3.05) is 0 Å². The molecule has 0 N–H and O–H groups in total. The predicted octanol–water partition coefficient (Wildman–Crippen LogP) is 9.98. The third kappa shape index (κ3) is 5.95. The van der Waals surface area contributed by atoms with E-state index in [4.69, 9.17) is 4.98 Å². The van der Waals surface area contributed by atoms with Crippen LogP contribution in [-0.4, -0.2) is 21.2 Å². The molecule has 0 radical (unpaired) electrons. The van der Waals surface area contributed by atoms with E-state index in [1.54, 1.807) is 0 Å². The molecule has 0 amide bonds. The summed E-state index contributed by atoms with van der Waals surface area (Å²) in [6.07, 6.45) is 5.63. The maximum Gasteiger partial charge on any atom is 0.242 e. The first-order chi connectivity index (χ1) is 26.0. The molecule has 8 aromatic rings. The lowest BCUT2D eigenvalue weighted by Gasteiger charge is -2.30. The number of fused-ring (bicyclic) bond motifs is 3. The molecule has 8 rings (SSSR count). The summed E-state index contributed by atoms with van der Waals surface area (Å²) in [4.78, 5) is 9.12. The molecule has 5 aromatic carbocycles. The molecule has 3 aromatic heterocycles. The highest BCUT2D eigenvalue weighted by atomic mass is 15.0. The quantitative estimate of drug-likeness (QED) is 0.148. The fourth-order valence-corrected chi connectivity index (χ4v) is 8.76. The van der Waals surface area contributed by atoms with Crippen LogP contribution in [0.4, 0.5) is 0 Å². The summed E-state index contributed by atoms with van der Waals surface area (Å²) in [7, 11) is 0. The van der Waals surface area contributed by atoms with E-state index < -0.39 is 0 Å². The molecule has 54 heavy (non-hydrogen) atoms. The lowest BCUT2D eigenvalue weighted by molar-refractivity contribution is 0.626. The van der Waals surface area contributed by atoms with Gasteiger partial charge in [0.1, 0.15) is 0 Å². The monoisotopic (exact) mass is 701 g/mol. The summed E-state index contributed by atoms with van der Waals surface area (Å²) >= 11 is 0. The summed E-state index contributed by atoms with van der Waals surface area (Å²) in [5.74, 6) is 0. The summed E-state index contributed by atoms with van der Waals surface area (Å²) in [6, 6.07) is 47.3. The molecule has 0 aliphatic heterocycles. The van der Waals surface area contributed by atoms with Gasteiger partial charge in [0.2, 0.25) is 6.71 Å². The topological polar surface area (TPSA) is 30.7 Å². The number of aromatic nitrogens is 3. The number of benzene rings is 5. The van der Waals surface area contributed by atoms with Crippen molar-refractivity contribution < 1.29 is 0 Å². The summed E-state index contributed by atoms with van der Waals surface area (Å²) in [6.45, 7) is 18.5. The summed E-state index contributed by atoms with van der Waals surface area (Å²) in [5, 5.41) is 1.11. The third-order valence-electron chi connectivity index (χ3n) is 12.1. The smallest absolute Gasteiger partial charge is 0.242 e. The molecule has 3 nitrogen and oxygen atoms in total. The van der Waals surface area contributed by atoms with E-state index >= 15 is 0 Å². The Morgan fingerprint density at radius 3 is 1.44 bits per heavy atom. The molecule has 0 spiro atoms. The van der Waals surface area contributed by atoms with Gasteiger partial charge in [-0.1, -0.05) is 163 Å². The molecule has 0 fully saturated rings. The van der Waals surface area contributed by atoms with E-state index in [0.29, 0.717) is 0 Å². The number of pyridine rings is 2. The van der Waals surface area contributed by atoms with Gasteiger partial charge in [-0.2, -0.15) is 0 Å². The molecule has 0 bridgehead atoms. The lowest BCUT2D eigenvalue weighted by atomic mass is 9.34. The van der Waals surface area contributed by atoms with Crippen LogP contribution in [0.25, 0.3) is 27.6 Å². The van der Waals surface area contributed by atoms with Gasteiger partial charge in [0.05, 0.1) is 22.7 Å². The van der Waals surface area contributed by atoms with Crippen molar-refractivity contribution >= 4 is 45.0 Å².